The zero-order valence-electron chi connectivity index (χ0n) is 57.7. The van der Waals surface area contributed by atoms with Gasteiger partial charge in [0.1, 0.15) is 19.3 Å². The lowest BCUT2D eigenvalue weighted by atomic mass is 10.00. The van der Waals surface area contributed by atoms with Crippen LogP contribution >= 0.6 is 15.6 Å². The van der Waals surface area contributed by atoms with E-state index in [2.05, 4.69) is 41.5 Å². The zero-order chi connectivity index (χ0) is 65.7. The zero-order valence-corrected chi connectivity index (χ0v) is 59.5. The molecule has 0 rings (SSSR count). The number of aliphatic hydroxyl groups excluding tert-OH is 1. The highest BCUT2D eigenvalue weighted by atomic mass is 31.2. The molecule has 89 heavy (non-hydrogen) atoms. The van der Waals surface area contributed by atoms with Gasteiger partial charge in [-0.05, 0) is 37.5 Å². The van der Waals surface area contributed by atoms with E-state index in [0.717, 1.165) is 108 Å². The van der Waals surface area contributed by atoms with E-state index < -0.39 is 97.5 Å². The first-order chi connectivity index (χ1) is 42.9. The van der Waals surface area contributed by atoms with Crippen LogP contribution in [0.15, 0.2) is 0 Å². The molecule has 528 valence electrons. The van der Waals surface area contributed by atoms with Gasteiger partial charge in [-0.3, -0.25) is 37.3 Å². The second-order valence-electron chi connectivity index (χ2n) is 26.0. The Kier molecular flexibility index (Phi) is 60.8. The van der Waals surface area contributed by atoms with Crippen molar-refractivity contribution in [2.45, 2.75) is 374 Å². The van der Waals surface area contributed by atoms with Gasteiger partial charge in [0.2, 0.25) is 0 Å². The first-order valence-corrected chi connectivity index (χ1v) is 39.5. The van der Waals surface area contributed by atoms with Crippen molar-refractivity contribution >= 4 is 39.5 Å². The minimum absolute atomic E-state index is 0.106. The van der Waals surface area contributed by atoms with E-state index in [1.54, 1.807) is 0 Å². The Morgan fingerprint density at radius 1 is 0.326 bits per heavy atom. The Morgan fingerprint density at radius 2 is 0.573 bits per heavy atom. The van der Waals surface area contributed by atoms with E-state index in [9.17, 15) is 43.2 Å². The third-order valence-electron chi connectivity index (χ3n) is 16.6. The van der Waals surface area contributed by atoms with Crippen LogP contribution < -0.4 is 0 Å². The Hall–Kier alpha value is -1.94. The molecule has 0 saturated heterocycles. The van der Waals surface area contributed by atoms with E-state index in [1.165, 1.54) is 167 Å². The minimum atomic E-state index is -4.95. The van der Waals surface area contributed by atoms with Crippen LogP contribution in [0.1, 0.15) is 356 Å². The van der Waals surface area contributed by atoms with Gasteiger partial charge in [0.15, 0.2) is 12.2 Å². The summed E-state index contributed by atoms with van der Waals surface area (Å²) in [5.74, 6) is -0.648. The highest BCUT2D eigenvalue weighted by molar-refractivity contribution is 7.47. The molecule has 0 heterocycles. The monoisotopic (exact) mass is 1310 g/mol. The number of hydrogen-bond donors (Lipinski definition) is 3. The Bertz CT molecular complexity index is 1740. The van der Waals surface area contributed by atoms with Gasteiger partial charge in [-0.2, -0.15) is 0 Å². The predicted molar refractivity (Wildman–Crippen MR) is 358 cm³/mol. The molecule has 0 saturated carbocycles. The number of phosphoric acid groups is 2. The van der Waals surface area contributed by atoms with Gasteiger partial charge in [-0.1, -0.05) is 305 Å². The molecule has 0 aromatic heterocycles. The molecule has 3 N–H and O–H groups in total. The fraction of sp³-hybridized carbons (Fsp3) is 0.943. The van der Waals surface area contributed by atoms with Gasteiger partial charge in [0, 0.05) is 25.7 Å². The summed E-state index contributed by atoms with van der Waals surface area (Å²) in [6.45, 7) is 9.49. The maximum atomic E-state index is 13.0. The molecule has 0 bridgehead atoms. The molecule has 17 nitrogen and oxygen atoms in total. The third kappa shape index (κ3) is 63.2. The fourth-order valence-electron chi connectivity index (χ4n) is 10.6. The van der Waals surface area contributed by atoms with Gasteiger partial charge >= 0.3 is 39.5 Å². The summed E-state index contributed by atoms with van der Waals surface area (Å²) in [4.78, 5) is 72.5. The molecular formula is C70H136O17P2. The van der Waals surface area contributed by atoms with Crippen LogP contribution in [-0.4, -0.2) is 96.7 Å². The van der Waals surface area contributed by atoms with Crippen molar-refractivity contribution in [2.24, 2.45) is 11.8 Å². The molecule has 0 aromatic rings. The van der Waals surface area contributed by atoms with Crippen molar-refractivity contribution in [3.63, 3.8) is 0 Å². The van der Waals surface area contributed by atoms with Crippen molar-refractivity contribution in [1.82, 2.24) is 0 Å². The van der Waals surface area contributed by atoms with E-state index >= 15 is 0 Å². The number of rotatable bonds is 69. The van der Waals surface area contributed by atoms with E-state index in [1.807, 2.05) is 0 Å². The van der Waals surface area contributed by atoms with Crippen LogP contribution in [0.5, 0.6) is 0 Å². The molecule has 0 aromatic carbocycles. The first kappa shape index (κ1) is 87.1. The lowest BCUT2D eigenvalue weighted by Gasteiger charge is -2.21. The van der Waals surface area contributed by atoms with E-state index in [-0.39, 0.29) is 25.7 Å². The van der Waals surface area contributed by atoms with Crippen molar-refractivity contribution < 1.29 is 80.2 Å². The first-order valence-electron chi connectivity index (χ1n) is 36.5. The van der Waals surface area contributed by atoms with Gasteiger partial charge in [-0.25, -0.2) is 9.13 Å². The summed E-state index contributed by atoms with van der Waals surface area (Å²) >= 11 is 0. The Balaban J connectivity index is 5.25. The molecule has 0 spiro atoms. The quantitative estimate of drug-likeness (QED) is 0.0222. The van der Waals surface area contributed by atoms with Crippen molar-refractivity contribution in [3.8, 4) is 0 Å². The third-order valence-corrected chi connectivity index (χ3v) is 18.5. The molecule has 0 amide bonds. The molecule has 0 aliphatic rings. The lowest BCUT2D eigenvalue weighted by molar-refractivity contribution is -0.161. The van der Waals surface area contributed by atoms with Gasteiger partial charge in [-0.15, -0.1) is 0 Å². The molecule has 0 aliphatic carbocycles. The highest BCUT2D eigenvalue weighted by Gasteiger charge is 2.30. The molecular weight excluding hydrogens is 1170 g/mol. The van der Waals surface area contributed by atoms with Crippen LogP contribution in [0.25, 0.3) is 0 Å². The lowest BCUT2D eigenvalue weighted by Crippen LogP contribution is -2.30. The molecule has 0 aliphatic heterocycles. The second-order valence-corrected chi connectivity index (χ2v) is 28.9. The van der Waals surface area contributed by atoms with Crippen molar-refractivity contribution in [3.05, 3.63) is 0 Å². The topological polar surface area (TPSA) is 237 Å². The van der Waals surface area contributed by atoms with E-state index in [0.29, 0.717) is 25.7 Å². The van der Waals surface area contributed by atoms with Gasteiger partial charge in [0.05, 0.1) is 26.4 Å². The standard InChI is InChI=1S/C70H136O17P2/c1-7-10-12-14-16-18-20-22-23-24-26-30-35-43-49-55-70(75)86-65(58-80-67(72)52-46-40-33-31-27-28-32-38-44-50-62(4)5)60-84-88(76,77)82-56-64(71)57-83-89(78,79)85-61-66(59-81-68(73)53-47-41-37-36-39-45-51-63(6)9-3)87-69(74)54-48-42-34-29-25-21-19-17-15-13-11-8-2/h62-66,71H,7-61H2,1-6H3,(H,76,77)(H,78,79)/t63?,64-,65-,66-/m1/s1. The Morgan fingerprint density at radius 3 is 0.854 bits per heavy atom. The Labute approximate surface area is 543 Å². The summed E-state index contributed by atoms with van der Waals surface area (Å²) in [7, 11) is -9.90. The number of aliphatic hydroxyl groups is 1. The van der Waals surface area contributed by atoms with E-state index in [4.69, 9.17) is 37.0 Å². The summed E-state index contributed by atoms with van der Waals surface area (Å²) in [5.41, 5.74) is 0. The van der Waals surface area contributed by atoms with Crippen LogP contribution in [0.3, 0.4) is 0 Å². The summed E-state index contributed by atoms with van der Waals surface area (Å²) in [6, 6.07) is 0. The number of esters is 4. The second kappa shape index (κ2) is 62.2. The summed E-state index contributed by atoms with van der Waals surface area (Å²) in [5, 5.41) is 10.6. The SMILES string of the molecule is CCCCCCCCCCCCCCCCCC(=O)O[C@H](COC(=O)CCCCCCCCCCCC(C)C)COP(=O)(O)OC[C@@H](O)COP(=O)(O)OC[C@@H](COC(=O)CCCCCCCCC(C)CC)OC(=O)CCCCCCCCCCCCCC. The molecule has 0 fully saturated rings. The van der Waals surface area contributed by atoms with Crippen molar-refractivity contribution in [2.75, 3.05) is 39.6 Å². The minimum Gasteiger partial charge on any atom is -0.462 e. The van der Waals surface area contributed by atoms with Crippen LogP contribution in [-0.2, 0) is 65.4 Å². The number of hydrogen-bond acceptors (Lipinski definition) is 15. The molecule has 0 radical (unpaired) electrons. The average molecular weight is 1310 g/mol. The number of carbonyl (C=O) groups is 4. The number of carbonyl (C=O) groups excluding carboxylic acids is 4. The highest BCUT2D eigenvalue weighted by Crippen LogP contribution is 2.45. The van der Waals surface area contributed by atoms with Crippen molar-refractivity contribution in [1.29, 1.82) is 0 Å². The maximum absolute atomic E-state index is 13.0. The van der Waals surface area contributed by atoms with Crippen LogP contribution in [0.4, 0.5) is 0 Å². The maximum Gasteiger partial charge on any atom is 0.472 e. The number of phosphoric ester groups is 2. The van der Waals surface area contributed by atoms with Gasteiger partial charge in [0.25, 0.3) is 0 Å². The number of ether oxygens (including phenoxy) is 4. The van der Waals surface area contributed by atoms with Crippen LogP contribution in [0.2, 0.25) is 0 Å². The largest absolute Gasteiger partial charge is 0.472 e. The molecule has 6 atom stereocenters. The smallest absolute Gasteiger partial charge is 0.462 e. The van der Waals surface area contributed by atoms with Crippen LogP contribution in [0, 0.1) is 11.8 Å². The molecule has 19 heteroatoms. The average Bonchev–Trinajstić information content (AvgIpc) is 3.53. The fourth-order valence-corrected chi connectivity index (χ4v) is 12.1. The molecule has 3 unspecified atom stereocenters. The summed E-state index contributed by atoms with van der Waals surface area (Å²) < 4.78 is 68.3. The van der Waals surface area contributed by atoms with Gasteiger partial charge < -0.3 is 33.8 Å². The number of unbranched alkanes of at least 4 members (excludes halogenated alkanes) is 38. The normalized spacial score (nSPS) is 14.4. The predicted octanol–water partition coefficient (Wildman–Crippen LogP) is 20.0. The summed E-state index contributed by atoms with van der Waals surface area (Å²) in [6.07, 6.45) is 47.1.